The molecule has 2 N–H and O–H groups in total. The van der Waals surface area contributed by atoms with E-state index >= 15 is 0 Å². The van der Waals surface area contributed by atoms with Gasteiger partial charge in [0.2, 0.25) is 11.8 Å². The molecule has 25 heavy (non-hydrogen) atoms. The second kappa shape index (κ2) is 9.22. The van der Waals surface area contributed by atoms with Crippen molar-refractivity contribution < 1.29 is 18.8 Å². The van der Waals surface area contributed by atoms with Gasteiger partial charge in [-0.15, -0.1) is 0 Å². The molecule has 1 aromatic rings. The van der Waals surface area contributed by atoms with Gasteiger partial charge in [0.25, 0.3) is 0 Å². The van der Waals surface area contributed by atoms with Crippen molar-refractivity contribution >= 4 is 17.8 Å². The molecule has 8 nitrogen and oxygen atoms in total. The van der Waals surface area contributed by atoms with E-state index in [2.05, 4.69) is 29.4 Å². The number of carbonyl (C=O) groups excluding carboxylic acids is 3. The number of urea groups is 1. The molecule has 1 aromatic heterocycles. The van der Waals surface area contributed by atoms with Gasteiger partial charge in [-0.25, -0.2) is 4.79 Å². The van der Waals surface area contributed by atoms with E-state index in [1.807, 2.05) is 12.1 Å². The third-order valence-electron chi connectivity index (χ3n) is 4.34. The Kier molecular flexibility index (Phi) is 7.00. The van der Waals surface area contributed by atoms with E-state index in [4.69, 9.17) is 4.42 Å². The number of hydrogen-bond acceptors (Lipinski definition) is 5. The van der Waals surface area contributed by atoms with Crippen molar-refractivity contribution in [2.75, 3.05) is 32.7 Å². The van der Waals surface area contributed by atoms with Crippen molar-refractivity contribution in [3.63, 3.8) is 0 Å². The Hall–Kier alpha value is -2.35. The van der Waals surface area contributed by atoms with Crippen LogP contribution < -0.4 is 10.6 Å². The summed E-state index contributed by atoms with van der Waals surface area (Å²) < 4.78 is 5.50. The van der Waals surface area contributed by atoms with Gasteiger partial charge in [-0.3, -0.25) is 19.4 Å². The molecule has 0 saturated carbocycles. The zero-order chi connectivity index (χ0) is 18.2. The third-order valence-corrected chi connectivity index (χ3v) is 4.34. The second-order valence-corrected chi connectivity index (χ2v) is 5.86. The molecule has 1 fully saturated rings. The maximum absolute atomic E-state index is 12.1. The summed E-state index contributed by atoms with van der Waals surface area (Å²) in [6, 6.07) is 3.35. The molecule has 1 aliphatic heterocycles. The van der Waals surface area contributed by atoms with Crippen molar-refractivity contribution in [2.24, 2.45) is 0 Å². The predicted octanol–water partition coefficient (Wildman–Crippen LogP) is 1.11. The lowest BCUT2D eigenvalue weighted by molar-refractivity contribution is -0.126. The van der Waals surface area contributed by atoms with E-state index in [1.54, 1.807) is 6.26 Å². The topological polar surface area (TPSA) is 94.9 Å². The molecule has 4 amide bonds. The van der Waals surface area contributed by atoms with Gasteiger partial charge in [0.1, 0.15) is 5.76 Å². The number of hydrogen-bond donors (Lipinski definition) is 2. The van der Waals surface area contributed by atoms with Crippen LogP contribution in [0.15, 0.2) is 22.8 Å². The molecule has 1 unspecified atom stereocenters. The van der Waals surface area contributed by atoms with Gasteiger partial charge in [-0.1, -0.05) is 13.8 Å². The summed E-state index contributed by atoms with van der Waals surface area (Å²) in [4.78, 5) is 38.4. The van der Waals surface area contributed by atoms with E-state index in [-0.39, 0.29) is 43.4 Å². The number of furan rings is 1. The monoisotopic (exact) mass is 350 g/mol. The largest absolute Gasteiger partial charge is 0.468 e. The van der Waals surface area contributed by atoms with Crippen LogP contribution in [0.1, 0.15) is 38.5 Å². The highest BCUT2D eigenvalue weighted by Crippen LogP contribution is 2.20. The first-order valence-corrected chi connectivity index (χ1v) is 8.69. The zero-order valence-electron chi connectivity index (χ0n) is 14.8. The molecule has 1 aliphatic rings. The molecule has 0 radical (unpaired) electrons. The molecule has 0 spiro atoms. The van der Waals surface area contributed by atoms with Gasteiger partial charge in [-0.05, 0) is 31.6 Å². The average molecular weight is 350 g/mol. The zero-order valence-corrected chi connectivity index (χ0v) is 14.8. The van der Waals surface area contributed by atoms with Gasteiger partial charge < -0.3 is 15.1 Å². The Morgan fingerprint density at radius 2 is 2.16 bits per heavy atom. The first kappa shape index (κ1) is 19.0. The Morgan fingerprint density at radius 1 is 1.40 bits per heavy atom. The van der Waals surface area contributed by atoms with Gasteiger partial charge in [0.15, 0.2) is 0 Å². The molecular weight excluding hydrogens is 324 g/mol. The lowest BCUT2D eigenvalue weighted by Crippen LogP contribution is -2.38. The van der Waals surface area contributed by atoms with Crippen molar-refractivity contribution in [2.45, 2.75) is 32.7 Å². The summed E-state index contributed by atoms with van der Waals surface area (Å²) in [6.07, 6.45) is 2.34. The molecule has 0 aliphatic carbocycles. The molecule has 0 bridgehead atoms. The van der Waals surface area contributed by atoms with E-state index in [0.717, 1.165) is 23.7 Å². The van der Waals surface area contributed by atoms with Crippen LogP contribution in [0.3, 0.4) is 0 Å². The molecule has 1 atom stereocenters. The molecule has 8 heteroatoms. The van der Waals surface area contributed by atoms with Crippen molar-refractivity contribution in [3.8, 4) is 0 Å². The SMILES string of the molecule is CCN(CC)C(CNC(=O)CCCN1C(=O)CNC1=O)c1ccco1. The highest BCUT2D eigenvalue weighted by atomic mass is 16.3. The van der Waals surface area contributed by atoms with Crippen LogP contribution in [0, 0.1) is 0 Å². The fourth-order valence-corrected chi connectivity index (χ4v) is 2.93. The summed E-state index contributed by atoms with van der Waals surface area (Å²) >= 11 is 0. The maximum Gasteiger partial charge on any atom is 0.324 e. The Balaban J connectivity index is 1.78. The minimum atomic E-state index is -0.384. The number of imide groups is 1. The minimum Gasteiger partial charge on any atom is -0.468 e. The van der Waals surface area contributed by atoms with Gasteiger partial charge in [0, 0.05) is 19.5 Å². The fraction of sp³-hybridized carbons (Fsp3) is 0.588. The normalized spacial score (nSPS) is 15.6. The van der Waals surface area contributed by atoms with Crippen LogP contribution in [0.25, 0.3) is 0 Å². The first-order chi connectivity index (χ1) is 12.1. The number of carbonyl (C=O) groups is 3. The molecule has 1 saturated heterocycles. The van der Waals surface area contributed by atoms with Gasteiger partial charge in [-0.2, -0.15) is 0 Å². The van der Waals surface area contributed by atoms with Crippen LogP contribution in [0.5, 0.6) is 0 Å². The lowest BCUT2D eigenvalue weighted by Gasteiger charge is -2.28. The summed E-state index contributed by atoms with van der Waals surface area (Å²) in [6.45, 7) is 6.60. The molecule has 2 heterocycles. The average Bonchev–Trinajstić information content (AvgIpc) is 3.23. The van der Waals surface area contributed by atoms with E-state index in [1.165, 1.54) is 0 Å². The van der Waals surface area contributed by atoms with Crippen LogP contribution >= 0.6 is 0 Å². The highest BCUT2D eigenvalue weighted by molar-refractivity contribution is 6.01. The van der Waals surface area contributed by atoms with Crippen molar-refractivity contribution in [1.82, 2.24) is 20.4 Å². The Morgan fingerprint density at radius 3 is 2.72 bits per heavy atom. The molecule has 0 aromatic carbocycles. The smallest absolute Gasteiger partial charge is 0.324 e. The quantitative estimate of drug-likeness (QED) is 0.617. The van der Waals surface area contributed by atoms with E-state index in [9.17, 15) is 14.4 Å². The number of likely N-dealkylation sites (N-methyl/N-ethyl adjacent to an activating group) is 1. The van der Waals surface area contributed by atoms with Crippen LogP contribution in [-0.4, -0.2) is 60.4 Å². The van der Waals surface area contributed by atoms with Crippen LogP contribution in [0.4, 0.5) is 4.79 Å². The Bertz CT molecular complexity index is 567. The van der Waals surface area contributed by atoms with Gasteiger partial charge >= 0.3 is 6.03 Å². The summed E-state index contributed by atoms with van der Waals surface area (Å²) in [5.74, 6) is 0.476. The van der Waals surface area contributed by atoms with Crippen LogP contribution in [0.2, 0.25) is 0 Å². The summed E-state index contributed by atoms with van der Waals surface area (Å²) in [5.41, 5.74) is 0. The second-order valence-electron chi connectivity index (χ2n) is 5.86. The standard InChI is InChI=1S/C17H26N4O4/c1-3-20(4-2)13(14-7-6-10-25-14)11-18-15(22)8-5-9-21-16(23)12-19-17(21)24/h6-7,10,13H,3-5,8-9,11-12H2,1-2H3,(H,18,22)(H,19,24). The minimum absolute atomic E-state index is 0.0140. The number of amides is 4. The van der Waals surface area contributed by atoms with Crippen LogP contribution in [-0.2, 0) is 9.59 Å². The number of nitrogens with one attached hydrogen (secondary N) is 2. The predicted molar refractivity (Wildman–Crippen MR) is 91.7 cm³/mol. The molecule has 2 rings (SSSR count). The number of rotatable bonds is 10. The maximum atomic E-state index is 12.1. The molecular formula is C17H26N4O4. The Labute approximate surface area is 147 Å². The number of nitrogens with zero attached hydrogens (tertiary/aromatic N) is 2. The highest BCUT2D eigenvalue weighted by Gasteiger charge is 2.28. The van der Waals surface area contributed by atoms with Crippen molar-refractivity contribution in [1.29, 1.82) is 0 Å². The van der Waals surface area contributed by atoms with E-state index < -0.39 is 0 Å². The third kappa shape index (κ3) is 5.06. The van der Waals surface area contributed by atoms with Gasteiger partial charge in [0.05, 0.1) is 18.8 Å². The summed E-state index contributed by atoms with van der Waals surface area (Å²) in [5, 5.41) is 5.38. The fourth-order valence-electron chi connectivity index (χ4n) is 2.93. The molecule has 138 valence electrons. The lowest BCUT2D eigenvalue weighted by atomic mass is 10.1. The van der Waals surface area contributed by atoms with Crippen molar-refractivity contribution in [3.05, 3.63) is 24.2 Å². The summed E-state index contributed by atoms with van der Waals surface area (Å²) in [7, 11) is 0. The first-order valence-electron chi connectivity index (χ1n) is 8.69. The van der Waals surface area contributed by atoms with E-state index in [0.29, 0.717) is 13.0 Å².